The second-order valence-corrected chi connectivity index (χ2v) is 24.6. The molecule has 0 aliphatic rings. The number of hydrogen-bond acceptors (Lipinski definition) is 5. The van der Waals surface area contributed by atoms with Crippen LogP contribution < -0.4 is 5.32 Å². The summed E-state index contributed by atoms with van der Waals surface area (Å²) in [6.07, 6.45) is 85.3. The van der Waals surface area contributed by atoms with Gasteiger partial charge in [0.05, 0.1) is 25.4 Å². The standard InChI is InChI=1S/C72H139NO5/c1-3-5-7-9-11-13-15-17-18-35-39-42-46-50-54-58-62-66-72(77)78-67-63-59-55-51-47-43-40-37-34-32-30-28-26-24-22-20-19-21-23-25-27-29-31-33-36-38-41-45-49-53-57-61-65-71(76)73-69(68-74)70(75)64-60-56-52-48-44-16-14-12-10-8-6-4-2/h17-18,22,24,69-70,74-75H,3-16,19-21,23,25-68H2,1-2H3,(H,73,76)/b18-17-,24-22-. The van der Waals surface area contributed by atoms with Gasteiger partial charge in [0.15, 0.2) is 0 Å². The van der Waals surface area contributed by atoms with E-state index >= 15 is 0 Å². The largest absolute Gasteiger partial charge is 0.466 e. The van der Waals surface area contributed by atoms with E-state index in [4.69, 9.17) is 4.74 Å². The highest BCUT2D eigenvalue weighted by Gasteiger charge is 2.20. The molecular weight excluding hydrogens is 959 g/mol. The summed E-state index contributed by atoms with van der Waals surface area (Å²) >= 11 is 0. The number of esters is 1. The van der Waals surface area contributed by atoms with Crippen LogP contribution in [0.2, 0.25) is 0 Å². The van der Waals surface area contributed by atoms with Crippen LogP contribution in [0.25, 0.3) is 0 Å². The van der Waals surface area contributed by atoms with E-state index in [9.17, 15) is 19.8 Å². The molecule has 0 saturated carbocycles. The fourth-order valence-electron chi connectivity index (χ4n) is 11.3. The highest BCUT2D eigenvalue weighted by molar-refractivity contribution is 5.76. The van der Waals surface area contributed by atoms with Crippen LogP contribution in [0.3, 0.4) is 0 Å². The Labute approximate surface area is 488 Å². The molecule has 2 unspecified atom stereocenters. The van der Waals surface area contributed by atoms with Gasteiger partial charge in [0.1, 0.15) is 0 Å². The molecule has 0 saturated heterocycles. The van der Waals surface area contributed by atoms with Gasteiger partial charge >= 0.3 is 5.97 Å². The van der Waals surface area contributed by atoms with E-state index in [0.717, 1.165) is 44.9 Å². The summed E-state index contributed by atoms with van der Waals surface area (Å²) in [5.41, 5.74) is 0. The molecule has 0 aromatic heterocycles. The molecule has 0 aliphatic heterocycles. The van der Waals surface area contributed by atoms with E-state index in [2.05, 4.69) is 43.5 Å². The number of hydrogen-bond donors (Lipinski definition) is 3. The van der Waals surface area contributed by atoms with Crippen LogP contribution in [0.5, 0.6) is 0 Å². The maximum Gasteiger partial charge on any atom is 0.305 e. The van der Waals surface area contributed by atoms with Crippen molar-refractivity contribution in [3.05, 3.63) is 24.3 Å². The average molecular weight is 1100 g/mol. The van der Waals surface area contributed by atoms with Gasteiger partial charge in [-0.1, -0.05) is 334 Å². The summed E-state index contributed by atoms with van der Waals surface area (Å²) in [6.45, 7) is 4.97. The van der Waals surface area contributed by atoms with Crippen molar-refractivity contribution in [3.63, 3.8) is 0 Å². The first kappa shape index (κ1) is 76.3. The number of aliphatic hydroxyl groups excluding tert-OH is 2. The van der Waals surface area contributed by atoms with Crippen molar-refractivity contribution in [2.75, 3.05) is 13.2 Å². The molecule has 0 aromatic rings. The quantitative estimate of drug-likeness (QED) is 0.0320. The van der Waals surface area contributed by atoms with Gasteiger partial charge in [-0.15, -0.1) is 0 Å². The molecular formula is C72H139NO5. The Morgan fingerprint density at radius 1 is 0.346 bits per heavy atom. The first-order valence-corrected chi connectivity index (χ1v) is 35.6. The minimum atomic E-state index is -0.661. The minimum absolute atomic E-state index is 0.0155. The van der Waals surface area contributed by atoms with Gasteiger partial charge < -0.3 is 20.3 Å². The number of aliphatic hydroxyl groups is 2. The van der Waals surface area contributed by atoms with Gasteiger partial charge in [-0.3, -0.25) is 9.59 Å². The number of carbonyl (C=O) groups excluding carboxylic acids is 2. The summed E-state index contributed by atoms with van der Waals surface area (Å²) < 4.78 is 5.50. The van der Waals surface area contributed by atoms with Crippen molar-refractivity contribution >= 4 is 11.9 Å². The summed E-state index contributed by atoms with van der Waals surface area (Å²) in [6, 6.07) is -0.538. The molecule has 3 N–H and O–H groups in total. The minimum Gasteiger partial charge on any atom is -0.466 e. The van der Waals surface area contributed by atoms with Crippen molar-refractivity contribution in [2.45, 2.75) is 411 Å². The molecule has 0 spiro atoms. The Morgan fingerprint density at radius 3 is 0.910 bits per heavy atom. The Hall–Kier alpha value is -1.66. The normalized spacial score (nSPS) is 12.6. The third kappa shape index (κ3) is 63.5. The summed E-state index contributed by atoms with van der Waals surface area (Å²) in [7, 11) is 0. The molecule has 462 valence electrons. The molecule has 0 rings (SSSR count). The van der Waals surface area contributed by atoms with Gasteiger partial charge in [-0.2, -0.15) is 0 Å². The van der Waals surface area contributed by atoms with Crippen molar-refractivity contribution in [1.29, 1.82) is 0 Å². The van der Waals surface area contributed by atoms with Gasteiger partial charge in [0.2, 0.25) is 5.91 Å². The summed E-state index contributed by atoms with van der Waals surface area (Å²) in [5.74, 6) is -0.0154. The highest BCUT2D eigenvalue weighted by atomic mass is 16.5. The lowest BCUT2D eigenvalue weighted by Crippen LogP contribution is -2.45. The lowest BCUT2D eigenvalue weighted by atomic mass is 10.0. The first-order chi connectivity index (χ1) is 38.5. The van der Waals surface area contributed by atoms with Gasteiger partial charge in [0, 0.05) is 12.8 Å². The van der Waals surface area contributed by atoms with Gasteiger partial charge in [-0.25, -0.2) is 0 Å². The van der Waals surface area contributed by atoms with E-state index in [1.165, 1.54) is 321 Å². The second kappa shape index (κ2) is 67.8. The number of allylic oxidation sites excluding steroid dienone is 4. The number of rotatable bonds is 67. The number of nitrogens with one attached hydrogen (secondary N) is 1. The van der Waals surface area contributed by atoms with Gasteiger partial charge in [0.25, 0.3) is 0 Å². The molecule has 1 amide bonds. The summed E-state index contributed by atoms with van der Waals surface area (Å²) in [5, 5.41) is 23.3. The smallest absolute Gasteiger partial charge is 0.305 e. The second-order valence-electron chi connectivity index (χ2n) is 24.6. The van der Waals surface area contributed by atoms with Crippen molar-refractivity contribution < 1.29 is 24.5 Å². The van der Waals surface area contributed by atoms with Gasteiger partial charge in [-0.05, 0) is 77.0 Å². The number of amides is 1. The van der Waals surface area contributed by atoms with Crippen LogP contribution in [0, 0.1) is 0 Å². The van der Waals surface area contributed by atoms with E-state index in [1.807, 2.05) is 0 Å². The lowest BCUT2D eigenvalue weighted by Gasteiger charge is -2.22. The number of carbonyl (C=O) groups is 2. The summed E-state index contributed by atoms with van der Waals surface area (Å²) in [4.78, 5) is 24.6. The Kier molecular flexibility index (Phi) is 66.4. The molecule has 6 nitrogen and oxygen atoms in total. The van der Waals surface area contributed by atoms with Crippen LogP contribution in [0.15, 0.2) is 24.3 Å². The number of unbranched alkanes of at least 4 members (excludes halogenated alkanes) is 52. The zero-order chi connectivity index (χ0) is 56.4. The topological polar surface area (TPSA) is 95.9 Å². The average Bonchev–Trinajstić information content (AvgIpc) is 3.44. The molecule has 0 bridgehead atoms. The zero-order valence-electron chi connectivity index (χ0n) is 52.9. The SMILES string of the molecule is CCCCCCCC/C=C\CCCCCCCCCC(=O)OCCCCCCCCCCCCCC/C=C\CCCCCCCCCCCCCCCCCCC(=O)NC(CO)C(O)CCCCCCCCCCCCCC. The molecule has 0 aromatic carbocycles. The van der Waals surface area contributed by atoms with E-state index in [1.54, 1.807) is 0 Å². The van der Waals surface area contributed by atoms with E-state index in [-0.39, 0.29) is 18.5 Å². The molecule has 2 atom stereocenters. The van der Waals surface area contributed by atoms with E-state index < -0.39 is 12.1 Å². The molecule has 0 fully saturated rings. The van der Waals surface area contributed by atoms with Crippen LogP contribution in [-0.4, -0.2) is 47.4 Å². The Morgan fingerprint density at radius 2 is 0.603 bits per heavy atom. The fraction of sp³-hybridized carbons (Fsp3) is 0.917. The van der Waals surface area contributed by atoms with Crippen molar-refractivity contribution in [3.8, 4) is 0 Å². The highest BCUT2D eigenvalue weighted by Crippen LogP contribution is 2.19. The zero-order valence-corrected chi connectivity index (χ0v) is 52.9. The van der Waals surface area contributed by atoms with Crippen LogP contribution in [0.1, 0.15) is 399 Å². The third-order valence-electron chi connectivity index (χ3n) is 16.7. The lowest BCUT2D eigenvalue weighted by molar-refractivity contribution is -0.143. The molecule has 78 heavy (non-hydrogen) atoms. The number of ether oxygens (including phenoxy) is 1. The maximum atomic E-state index is 12.5. The predicted molar refractivity (Wildman–Crippen MR) is 343 cm³/mol. The first-order valence-electron chi connectivity index (χ1n) is 35.6. The van der Waals surface area contributed by atoms with Crippen LogP contribution in [-0.2, 0) is 14.3 Å². The Balaban J connectivity index is 3.33. The predicted octanol–water partition coefficient (Wildman–Crippen LogP) is 22.9. The Bertz CT molecular complexity index is 1220. The van der Waals surface area contributed by atoms with Crippen molar-refractivity contribution in [2.24, 2.45) is 0 Å². The molecule has 6 heteroatoms. The maximum absolute atomic E-state index is 12.5. The van der Waals surface area contributed by atoms with Crippen LogP contribution in [0.4, 0.5) is 0 Å². The monoisotopic (exact) mass is 1100 g/mol. The third-order valence-corrected chi connectivity index (χ3v) is 16.7. The molecule has 0 aliphatic carbocycles. The molecule has 0 heterocycles. The fourth-order valence-corrected chi connectivity index (χ4v) is 11.3. The van der Waals surface area contributed by atoms with Crippen LogP contribution >= 0.6 is 0 Å². The van der Waals surface area contributed by atoms with Crippen molar-refractivity contribution in [1.82, 2.24) is 5.32 Å². The van der Waals surface area contributed by atoms with E-state index in [0.29, 0.717) is 25.9 Å². The molecule has 0 radical (unpaired) electrons.